The van der Waals surface area contributed by atoms with Crippen LogP contribution in [-0.2, 0) is 4.79 Å². The summed E-state index contributed by atoms with van der Waals surface area (Å²) in [6.07, 6.45) is 7.61. The summed E-state index contributed by atoms with van der Waals surface area (Å²) >= 11 is 1.94. The number of hydrogen-bond acceptors (Lipinski definition) is 3. The van der Waals surface area contributed by atoms with Crippen LogP contribution in [0.4, 0.5) is 0 Å². The molecule has 2 atom stereocenters. The van der Waals surface area contributed by atoms with Gasteiger partial charge < -0.3 is 10.6 Å². The molecule has 17 heavy (non-hydrogen) atoms. The van der Waals surface area contributed by atoms with E-state index in [1.165, 1.54) is 6.42 Å². The summed E-state index contributed by atoms with van der Waals surface area (Å²) in [6, 6.07) is 0. The van der Waals surface area contributed by atoms with Crippen LogP contribution >= 0.6 is 11.8 Å². The first-order valence-electron chi connectivity index (χ1n) is 6.70. The van der Waals surface area contributed by atoms with E-state index < -0.39 is 0 Å². The van der Waals surface area contributed by atoms with Crippen molar-refractivity contribution in [2.24, 2.45) is 11.7 Å². The van der Waals surface area contributed by atoms with Crippen molar-refractivity contribution in [3.05, 3.63) is 0 Å². The maximum Gasteiger partial charge on any atom is 0.225 e. The molecule has 1 heterocycles. The van der Waals surface area contributed by atoms with Crippen LogP contribution in [0.1, 0.15) is 39.0 Å². The van der Waals surface area contributed by atoms with Crippen LogP contribution in [-0.4, -0.2) is 41.9 Å². The minimum atomic E-state index is 0.143. The Morgan fingerprint density at radius 3 is 2.88 bits per heavy atom. The van der Waals surface area contributed by atoms with E-state index in [1.54, 1.807) is 0 Å². The topological polar surface area (TPSA) is 46.3 Å². The number of likely N-dealkylation sites (tertiary alicyclic amines) is 1. The molecule has 100 valence electrons. The van der Waals surface area contributed by atoms with Crippen molar-refractivity contribution in [1.82, 2.24) is 4.90 Å². The van der Waals surface area contributed by atoms with Crippen molar-refractivity contribution in [2.75, 3.05) is 25.9 Å². The SMILES string of the molecule is CSC1CCCN(C(=O)C(C)CCCN)CC1. The third-order valence-corrected chi connectivity index (χ3v) is 4.72. The lowest BCUT2D eigenvalue weighted by molar-refractivity contribution is -0.135. The Labute approximate surface area is 109 Å². The van der Waals surface area contributed by atoms with Gasteiger partial charge in [-0.25, -0.2) is 0 Å². The Kier molecular flexibility index (Phi) is 6.97. The molecule has 0 bridgehead atoms. The largest absolute Gasteiger partial charge is 0.342 e. The normalized spacial score (nSPS) is 23.2. The van der Waals surface area contributed by atoms with Gasteiger partial charge in [0.15, 0.2) is 0 Å². The van der Waals surface area contributed by atoms with Crippen molar-refractivity contribution in [1.29, 1.82) is 0 Å². The van der Waals surface area contributed by atoms with Gasteiger partial charge in [-0.3, -0.25) is 4.79 Å². The Morgan fingerprint density at radius 2 is 2.24 bits per heavy atom. The van der Waals surface area contributed by atoms with Gasteiger partial charge in [0.1, 0.15) is 0 Å². The molecule has 0 spiro atoms. The molecule has 0 aromatic carbocycles. The summed E-state index contributed by atoms with van der Waals surface area (Å²) in [4.78, 5) is 14.3. The number of rotatable bonds is 5. The van der Waals surface area contributed by atoms with Crippen LogP contribution in [0.3, 0.4) is 0 Å². The number of nitrogens with zero attached hydrogens (tertiary/aromatic N) is 1. The van der Waals surface area contributed by atoms with E-state index in [2.05, 4.69) is 11.2 Å². The van der Waals surface area contributed by atoms with Crippen LogP contribution in [0.2, 0.25) is 0 Å². The second-order valence-electron chi connectivity index (χ2n) is 4.95. The van der Waals surface area contributed by atoms with Crippen molar-refractivity contribution >= 4 is 17.7 Å². The van der Waals surface area contributed by atoms with Crippen LogP contribution < -0.4 is 5.73 Å². The summed E-state index contributed by atoms with van der Waals surface area (Å²) in [5.41, 5.74) is 5.49. The summed E-state index contributed by atoms with van der Waals surface area (Å²) < 4.78 is 0. The Hall–Kier alpha value is -0.220. The third kappa shape index (κ3) is 4.88. The lowest BCUT2D eigenvalue weighted by Gasteiger charge is -2.24. The smallest absolute Gasteiger partial charge is 0.225 e. The average molecular weight is 258 g/mol. The van der Waals surface area contributed by atoms with Crippen LogP contribution in [0.5, 0.6) is 0 Å². The number of amides is 1. The molecule has 0 aliphatic carbocycles. The summed E-state index contributed by atoms with van der Waals surface area (Å²) in [5.74, 6) is 0.476. The predicted molar refractivity (Wildman–Crippen MR) is 75.2 cm³/mol. The van der Waals surface area contributed by atoms with E-state index in [-0.39, 0.29) is 5.92 Å². The molecule has 0 radical (unpaired) electrons. The fraction of sp³-hybridized carbons (Fsp3) is 0.923. The van der Waals surface area contributed by atoms with E-state index in [9.17, 15) is 4.79 Å². The molecule has 2 N–H and O–H groups in total. The fourth-order valence-electron chi connectivity index (χ4n) is 2.38. The van der Waals surface area contributed by atoms with Gasteiger partial charge in [-0.05, 0) is 44.9 Å². The molecule has 1 rings (SSSR count). The van der Waals surface area contributed by atoms with Gasteiger partial charge in [-0.2, -0.15) is 11.8 Å². The van der Waals surface area contributed by atoms with E-state index in [0.29, 0.717) is 12.5 Å². The van der Waals surface area contributed by atoms with Gasteiger partial charge >= 0.3 is 0 Å². The maximum absolute atomic E-state index is 12.2. The maximum atomic E-state index is 12.2. The summed E-state index contributed by atoms with van der Waals surface area (Å²) in [5, 5.41) is 0.743. The molecule has 1 amide bonds. The zero-order chi connectivity index (χ0) is 12.7. The number of nitrogens with two attached hydrogens (primary N) is 1. The first-order chi connectivity index (χ1) is 8.19. The predicted octanol–water partition coefficient (Wildman–Crippen LogP) is 2.11. The second-order valence-corrected chi connectivity index (χ2v) is 6.08. The van der Waals surface area contributed by atoms with E-state index >= 15 is 0 Å². The third-order valence-electron chi connectivity index (χ3n) is 3.58. The molecule has 1 aliphatic rings. The Bertz CT molecular complexity index is 235. The number of thioether (sulfide) groups is 1. The van der Waals surface area contributed by atoms with Gasteiger partial charge in [0, 0.05) is 24.3 Å². The molecule has 4 heteroatoms. The highest BCUT2D eigenvalue weighted by Gasteiger charge is 2.23. The van der Waals surface area contributed by atoms with Crippen LogP contribution in [0.25, 0.3) is 0 Å². The monoisotopic (exact) mass is 258 g/mol. The molecule has 1 saturated heterocycles. The van der Waals surface area contributed by atoms with E-state index in [4.69, 9.17) is 5.73 Å². The van der Waals surface area contributed by atoms with E-state index in [0.717, 1.165) is 44.0 Å². The zero-order valence-electron chi connectivity index (χ0n) is 11.2. The first kappa shape index (κ1) is 14.8. The van der Waals surface area contributed by atoms with Crippen molar-refractivity contribution in [3.63, 3.8) is 0 Å². The quantitative estimate of drug-likeness (QED) is 0.821. The zero-order valence-corrected chi connectivity index (χ0v) is 12.0. The number of carbonyl (C=O) groups is 1. The van der Waals surface area contributed by atoms with Crippen molar-refractivity contribution in [2.45, 2.75) is 44.3 Å². The standard InChI is InChI=1S/C13H26N2OS/c1-11(5-3-8-14)13(16)15-9-4-6-12(17-2)7-10-15/h11-12H,3-10,14H2,1-2H3. The van der Waals surface area contributed by atoms with Gasteiger partial charge in [0.25, 0.3) is 0 Å². The Balaban J connectivity index is 2.40. The van der Waals surface area contributed by atoms with Crippen LogP contribution in [0.15, 0.2) is 0 Å². The molecule has 0 aromatic heterocycles. The summed E-state index contributed by atoms with van der Waals surface area (Å²) in [6.45, 7) is 4.61. The molecule has 1 fully saturated rings. The van der Waals surface area contributed by atoms with Crippen molar-refractivity contribution in [3.8, 4) is 0 Å². The number of hydrogen-bond donors (Lipinski definition) is 1. The second kappa shape index (κ2) is 7.98. The molecular weight excluding hydrogens is 232 g/mol. The lowest BCUT2D eigenvalue weighted by Crippen LogP contribution is -2.36. The van der Waals surface area contributed by atoms with Crippen molar-refractivity contribution < 1.29 is 4.79 Å². The Morgan fingerprint density at radius 1 is 1.47 bits per heavy atom. The van der Waals surface area contributed by atoms with Gasteiger partial charge in [0.2, 0.25) is 5.91 Å². The fourth-order valence-corrected chi connectivity index (χ4v) is 3.12. The first-order valence-corrected chi connectivity index (χ1v) is 7.99. The van der Waals surface area contributed by atoms with Gasteiger partial charge in [0.05, 0.1) is 0 Å². The number of carbonyl (C=O) groups excluding carboxylic acids is 1. The van der Waals surface area contributed by atoms with Crippen LogP contribution in [0, 0.1) is 5.92 Å². The molecule has 1 aliphatic heterocycles. The lowest BCUT2D eigenvalue weighted by atomic mass is 10.0. The summed E-state index contributed by atoms with van der Waals surface area (Å²) in [7, 11) is 0. The highest BCUT2D eigenvalue weighted by atomic mass is 32.2. The molecule has 0 saturated carbocycles. The average Bonchev–Trinajstić information content (AvgIpc) is 2.60. The van der Waals surface area contributed by atoms with Gasteiger partial charge in [-0.15, -0.1) is 0 Å². The highest BCUT2D eigenvalue weighted by molar-refractivity contribution is 7.99. The minimum Gasteiger partial charge on any atom is -0.342 e. The van der Waals surface area contributed by atoms with E-state index in [1.807, 2.05) is 18.7 Å². The molecule has 2 unspecified atom stereocenters. The molecule has 0 aromatic rings. The highest BCUT2D eigenvalue weighted by Crippen LogP contribution is 2.22. The molecular formula is C13H26N2OS. The molecule has 3 nitrogen and oxygen atoms in total. The minimum absolute atomic E-state index is 0.143. The van der Waals surface area contributed by atoms with Gasteiger partial charge in [-0.1, -0.05) is 6.92 Å².